The Morgan fingerprint density at radius 2 is 2.00 bits per heavy atom. The van der Waals surface area contributed by atoms with Gasteiger partial charge < -0.3 is 4.90 Å². The third-order valence-electron chi connectivity index (χ3n) is 3.04. The molecule has 52 valence electrons. The zero-order valence-corrected chi connectivity index (χ0v) is 6.14. The average Bonchev–Trinajstić information content (AvgIpc) is 1.74. The van der Waals surface area contributed by atoms with E-state index in [0.717, 1.165) is 12.0 Å². The summed E-state index contributed by atoms with van der Waals surface area (Å²) in [5.74, 6) is 1.09. The van der Waals surface area contributed by atoms with Gasteiger partial charge in [0.25, 0.3) is 0 Å². The molecule has 0 aromatic rings. The van der Waals surface area contributed by atoms with Crippen molar-refractivity contribution in [1.82, 2.24) is 4.90 Å². The molecule has 9 heavy (non-hydrogen) atoms. The highest BCUT2D eigenvalue weighted by Crippen LogP contribution is 2.36. The molecule has 1 atom stereocenters. The molecule has 1 unspecified atom stereocenters. The summed E-state index contributed by atoms with van der Waals surface area (Å²) < 4.78 is 0. The van der Waals surface area contributed by atoms with Gasteiger partial charge in [-0.25, -0.2) is 0 Å². The van der Waals surface area contributed by atoms with Crippen LogP contribution in [0.3, 0.4) is 0 Å². The lowest BCUT2D eigenvalue weighted by Gasteiger charge is -2.46. The van der Waals surface area contributed by atoms with Crippen molar-refractivity contribution in [3.63, 3.8) is 0 Å². The largest absolute Gasteiger partial charge is 0.303 e. The van der Waals surface area contributed by atoms with Crippen LogP contribution in [-0.2, 0) is 0 Å². The summed E-state index contributed by atoms with van der Waals surface area (Å²) in [6, 6.07) is 0.985. The second kappa shape index (κ2) is 1.98. The van der Waals surface area contributed by atoms with Gasteiger partial charge in [0.2, 0.25) is 0 Å². The van der Waals surface area contributed by atoms with Crippen LogP contribution in [0.15, 0.2) is 0 Å². The molecule has 1 nitrogen and oxygen atoms in total. The molecule has 1 saturated heterocycles. The van der Waals surface area contributed by atoms with Gasteiger partial charge >= 0.3 is 0 Å². The van der Waals surface area contributed by atoms with E-state index in [0.29, 0.717) is 0 Å². The van der Waals surface area contributed by atoms with E-state index in [2.05, 4.69) is 11.9 Å². The molecule has 2 aliphatic rings. The first kappa shape index (κ1) is 5.72. The molecular formula is C8H15N. The summed E-state index contributed by atoms with van der Waals surface area (Å²) in [4.78, 5) is 2.50. The van der Waals surface area contributed by atoms with Crippen molar-refractivity contribution in [1.29, 1.82) is 0 Å². The summed E-state index contributed by atoms with van der Waals surface area (Å²) in [5, 5.41) is 0. The van der Waals surface area contributed by atoms with Gasteiger partial charge in [-0.05, 0) is 38.8 Å². The molecule has 0 spiro atoms. The predicted molar refractivity (Wildman–Crippen MR) is 38.4 cm³/mol. The number of hydrogen-bond acceptors (Lipinski definition) is 1. The maximum absolute atomic E-state index is 2.50. The van der Waals surface area contributed by atoms with Crippen molar-refractivity contribution in [2.24, 2.45) is 5.92 Å². The van der Waals surface area contributed by atoms with Gasteiger partial charge in [0, 0.05) is 6.04 Å². The van der Waals surface area contributed by atoms with Crippen molar-refractivity contribution in [3.8, 4) is 0 Å². The van der Waals surface area contributed by atoms with Crippen molar-refractivity contribution in [2.75, 3.05) is 13.6 Å². The molecule has 1 saturated carbocycles. The Morgan fingerprint density at radius 3 is 2.11 bits per heavy atom. The maximum atomic E-state index is 2.50. The Kier molecular flexibility index (Phi) is 1.26. The Balaban J connectivity index is 1.83. The Morgan fingerprint density at radius 1 is 1.22 bits per heavy atom. The minimum absolute atomic E-state index is 0.985. The van der Waals surface area contributed by atoms with E-state index >= 15 is 0 Å². The molecule has 1 heteroatoms. The number of likely N-dealkylation sites (tertiary alicyclic amines) is 1. The van der Waals surface area contributed by atoms with E-state index in [4.69, 9.17) is 0 Å². The molecule has 0 aromatic carbocycles. The first-order chi connectivity index (χ1) is 4.38. The molecular weight excluding hydrogens is 110 g/mol. The third kappa shape index (κ3) is 0.787. The van der Waals surface area contributed by atoms with Crippen LogP contribution in [0.5, 0.6) is 0 Å². The second-order valence-electron chi connectivity index (χ2n) is 3.53. The molecule has 0 amide bonds. The quantitative estimate of drug-likeness (QED) is 0.513. The van der Waals surface area contributed by atoms with Crippen LogP contribution in [0.2, 0.25) is 0 Å². The minimum Gasteiger partial charge on any atom is -0.303 e. The number of nitrogens with zero attached hydrogens (tertiary/aromatic N) is 1. The smallest absolute Gasteiger partial charge is 0.0133 e. The minimum atomic E-state index is 0.985. The maximum Gasteiger partial charge on any atom is 0.0133 e. The van der Waals surface area contributed by atoms with E-state index < -0.39 is 0 Å². The summed E-state index contributed by atoms with van der Waals surface area (Å²) >= 11 is 0. The highest BCUT2D eigenvalue weighted by Gasteiger charge is 2.34. The van der Waals surface area contributed by atoms with Crippen molar-refractivity contribution in [2.45, 2.75) is 31.7 Å². The zero-order valence-electron chi connectivity index (χ0n) is 6.14. The molecule has 1 heterocycles. The standard InChI is InChI=1S/C8H15N/c1-9-6-5-8(9)7-3-2-4-7/h7-8H,2-6H2,1H3. The topological polar surface area (TPSA) is 3.24 Å². The van der Waals surface area contributed by atoms with Gasteiger partial charge in [-0.2, -0.15) is 0 Å². The summed E-state index contributed by atoms with van der Waals surface area (Å²) in [5.41, 5.74) is 0. The molecule has 0 radical (unpaired) electrons. The van der Waals surface area contributed by atoms with Crippen LogP contribution in [0.1, 0.15) is 25.7 Å². The third-order valence-corrected chi connectivity index (χ3v) is 3.04. The Labute approximate surface area is 57.0 Å². The van der Waals surface area contributed by atoms with Crippen LogP contribution in [0, 0.1) is 5.92 Å². The van der Waals surface area contributed by atoms with Crippen molar-refractivity contribution >= 4 is 0 Å². The highest BCUT2D eigenvalue weighted by atomic mass is 15.2. The zero-order chi connectivity index (χ0) is 6.27. The van der Waals surface area contributed by atoms with Crippen LogP contribution in [0.25, 0.3) is 0 Å². The SMILES string of the molecule is CN1CCC1C1CCC1. The van der Waals surface area contributed by atoms with Crippen molar-refractivity contribution < 1.29 is 0 Å². The fourth-order valence-electron chi connectivity index (χ4n) is 1.96. The molecule has 1 aliphatic heterocycles. The van der Waals surface area contributed by atoms with Crippen molar-refractivity contribution in [3.05, 3.63) is 0 Å². The molecule has 1 aliphatic carbocycles. The summed E-state index contributed by atoms with van der Waals surface area (Å²) in [7, 11) is 2.26. The van der Waals surface area contributed by atoms with Gasteiger partial charge in [-0.15, -0.1) is 0 Å². The fraction of sp³-hybridized carbons (Fsp3) is 1.00. The van der Waals surface area contributed by atoms with E-state index in [1.54, 1.807) is 0 Å². The van der Waals surface area contributed by atoms with E-state index in [9.17, 15) is 0 Å². The van der Waals surface area contributed by atoms with Gasteiger partial charge in [-0.1, -0.05) is 6.42 Å². The first-order valence-corrected chi connectivity index (χ1v) is 4.08. The Bertz CT molecular complexity index is 107. The molecule has 0 aromatic heterocycles. The summed E-state index contributed by atoms with van der Waals surface area (Å²) in [6.07, 6.45) is 5.99. The fourth-order valence-corrected chi connectivity index (χ4v) is 1.96. The average molecular weight is 125 g/mol. The number of hydrogen-bond donors (Lipinski definition) is 0. The monoisotopic (exact) mass is 125 g/mol. The predicted octanol–water partition coefficient (Wildman–Crippen LogP) is 1.49. The normalized spacial score (nSPS) is 37.7. The van der Waals surface area contributed by atoms with Gasteiger partial charge in [0.05, 0.1) is 0 Å². The molecule has 2 fully saturated rings. The van der Waals surface area contributed by atoms with E-state index in [1.165, 1.54) is 32.2 Å². The molecule has 2 rings (SSSR count). The summed E-state index contributed by atoms with van der Waals surface area (Å²) in [6.45, 7) is 1.35. The van der Waals surface area contributed by atoms with Gasteiger partial charge in [0.15, 0.2) is 0 Å². The van der Waals surface area contributed by atoms with E-state index in [-0.39, 0.29) is 0 Å². The first-order valence-electron chi connectivity index (χ1n) is 4.08. The van der Waals surface area contributed by atoms with Gasteiger partial charge in [0.1, 0.15) is 0 Å². The van der Waals surface area contributed by atoms with Crippen LogP contribution in [-0.4, -0.2) is 24.5 Å². The van der Waals surface area contributed by atoms with Crippen LogP contribution in [0.4, 0.5) is 0 Å². The van der Waals surface area contributed by atoms with Gasteiger partial charge in [-0.3, -0.25) is 0 Å². The van der Waals surface area contributed by atoms with E-state index in [1.807, 2.05) is 0 Å². The lowest BCUT2D eigenvalue weighted by molar-refractivity contribution is 0.0373. The Hall–Kier alpha value is -0.0400. The molecule has 0 bridgehead atoms. The van der Waals surface area contributed by atoms with Crippen LogP contribution < -0.4 is 0 Å². The lowest BCUT2D eigenvalue weighted by Crippen LogP contribution is -2.50. The lowest BCUT2D eigenvalue weighted by atomic mass is 9.75. The second-order valence-corrected chi connectivity index (χ2v) is 3.53. The highest BCUT2D eigenvalue weighted by molar-refractivity contribution is 4.89. The van der Waals surface area contributed by atoms with Crippen LogP contribution >= 0.6 is 0 Å². The molecule has 0 N–H and O–H groups in total. The number of rotatable bonds is 1.